The van der Waals surface area contributed by atoms with Crippen molar-refractivity contribution in [2.24, 2.45) is 5.84 Å². The molecule has 78 valence electrons. The summed E-state index contributed by atoms with van der Waals surface area (Å²) in [6.07, 6.45) is 3.28. The number of hydrogen-bond acceptors (Lipinski definition) is 7. The monoisotopic (exact) mass is 239 g/mol. The number of rotatable bonds is 4. The fourth-order valence-corrected chi connectivity index (χ4v) is 2.36. The molecule has 2 aromatic heterocycles. The van der Waals surface area contributed by atoms with Crippen LogP contribution in [0.15, 0.2) is 29.0 Å². The third-order valence-corrected chi connectivity index (χ3v) is 3.50. The molecule has 2 aromatic rings. The zero-order chi connectivity index (χ0) is 10.5. The van der Waals surface area contributed by atoms with Crippen LogP contribution in [0.25, 0.3) is 0 Å². The van der Waals surface area contributed by atoms with E-state index in [1.165, 1.54) is 11.5 Å². The van der Waals surface area contributed by atoms with Crippen molar-refractivity contribution in [1.82, 2.24) is 14.3 Å². The number of nitrogens with one attached hydrogen (secondary N) is 1. The standard InChI is InChI=1S/C8H9N5S2/c9-13-6-1-2-10-7(3-6)4-14-8-11-5-12-15-8/h1-3,5H,4,9H2,(H,10,13). The van der Waals surface area contributed by atoms with E-state index < -0.39 is 0 Å². The van der Waals surface area contributed by atoms with Crippen LogP contribution in [0.2, 0.25) is 0 Å². The first kappa shape index (κ1) is 10.3. The van der Waals surface area contributed by atoms with Gasteiger partial charge in [-0.1, -0.05) is 11.8 Å². The molecule has 2 rings (SSSR count). The van der Waals surface area contributed by atoms with E-state index in [1.807, 2.05) is 12.1 Å². The molecule has 0 aliphatic carbocycles. The molecule has 0 saturated heterocycles. The van der Waals surface area contributed by atoms with Crippen molar-refractivity contribution >= 4 is 29.0 Å². The number of thioether (sulfide) groups is 1. The summed E-state index contributed by atoms with van der Waals surface area (Å²) in [6.45, 7) is 0. The molecule has 0 fully saturated rings. The van der Waals surface area contributed by atoms with Crippen molar-refractivity contribution in [3.63, 3.8) is 0 Å². The predicted molar refractivity (Wildman–Crippen MR) is 61.5 cm³/mol. The van der Waals surface area contributed by atoms with Gasteiger partial charge in [-0.2, -0.15) is 4.37 Å². The Morgan fingerprint density at radius 1 is 1.47 bits per heavy atom. The smallest absolute Gasteiger partial charge is 0.170 e. The van der Waals surface area contributed by atoms with Crippen LogP contribution in [-0.4, -0.2) is 14.3 Å². The lowest BCUT2D eigenvalue weighted by atomic mass is 10.3. The van der Waals surface area contributed by atoms with Crippen LogP contribution in [0.5, 0.6) is 0 Å². The fourth-order valence-electron chi connectivity index (χ4n) is 1.01. The molecule has 3 N–H and O–H groups in total. The van der Waals surface area contributed by atoms with Crippen LogP contribution in [0.3, 0.4) is 0 Å². The van der Waals surface area contributed by atoms with Gasteiger partial charge in [0.25, 0.3) is 0 Å². The number of pyridine rings is 1. The average Bonchev–Trinajstić information content (AvgIpc) is 2.79. The Bertz CT molecular complexity index is 417. The second-order valence-corrected chi connectivity index (χ2v) is 4.68. The largest absolute Gasteiger partial charge is 0.324 e. The summed E-state index contributed by atoms with van der Waals surface area (Å²) in [7, 11) is 0. The van der Waals surface area contributed by atoms with Crippen LogP contribution >= 0.6 is 23.3 Å². The lowest BCUT2D eigenvalue weighted by Crippen LogP contribution is -2.07. The first-order valence-corrected chi connectivity index (χ1v) is 5.95. The number of hydrazine groups is 1. The van der Waals surface area contributed by atoms with E-state index in [0.29, 0.717) is 0 Å². The van der Waals surface area contributed by atoms with Crippen LogP contribution in [-0.2, 0) is 5.75 Å². The van der Waals surface area contributed by atoms with Gasteiger partial charge in [0, 0.05) is 11.9 Å². The number of hydrogen-bond donors (Lipinski definition) is 2. The van der Waals surface area contributed by atoms with Gasteiger partial charge in [0.05, 0.1) is 11.4 Å². The van der Waals surface area contributed by atoms with Crippen molar-refractivity contribution < 1.29 is 0 Å². The summed E-state index contributed by atoms with van der Waals surface area (Å²) in [5.74, 6) is 6.07. The Hall–Kier alpha value is -1.18. The molecule has 0 bridgehead atoms. The Morgan fingerprint density at radius 3 is 3.13 bits per heavy atom. The minimum atomic E-state index is 0.769. The first-order chi connectivity index (χ1) is 7.38. The second-order valence-electron chi connectivity index (χ2n) is 2.68. The van der Waals surface area contributed by atoms with Crippen molar-refractivity contribution in [3.8, 4) is 0 Å². The minimum absolute atomic E-state index is 0.769. The highest BCUT2D eigenvalue weighted by Gasteiger charge is 2.00. The molecule has 0 aromatic carbocycles. The second kappa shape index (κ2) is 5.06. The highest BCUT2D eigenvalue weighted by molar-refractivity contribution is 8.00. The third-order valence-electron chi connectivity index (χ3n) is 1.67. The van der Waals surface area contributed by atoms with Gasteiger partial charge in [-0.25, -0.2) is 4.98 Å². The molecule has 0 unspecified atom stereocenters. The normalized spacial score (nSPS) is 10.2. The van der Waals surface area contributed by atoms with Crippen LogP contribution < -0.4 is 11.3 Å². The molecular formula is C8H9N5S2. The number of anilines is 1. The molecule has 0 aliphatic heterocycles. The van der Waals surface area contributed by atoms with E-state index in [0.717, 1.165) is 21.5 Å². The highest BCUT2D eigenvalue weighted by atomic mass is 32.2. The van der Waals surface area contributed by atoms with Crippen molar-refractivity contribution in [2.45, 2.75) is 10.1 Å². The Labute approximate surface area is 95.3 Å². The van der Waals surface area contributed by atoms with E-state index in [4.69, 9.17) is 5.84 Å². The molecule has 5 nitrogen and oxygen atoms in total. The van der Waals surface area contributed by atoms with Gasteiger partial charge in [0.1, 0.15) is 6.33 Å². The van der Waals surface area contributed by atoms with Gasteiger partial charge >= 0.3 is 0 Å². The Balaban J connectivity index is 1.98. The summed E-state index contributed by atoms with van der Waals surface area (Å²) in [4.78, 5) is 8.30. The molecule has 0 aliphatic rings. The molecule has 15 heavy (non-hydrogen) atoms. The fraction of sp³-hybridized carbons (Fsp3) is 0.125. The predicted octanol–water partition coefficient (Wildman–Crippen LogP) is 1.51. The molecule has 0 radical (unpaired) electrons. The molecular weight excluding hydrogens is 230 g/mol. The number of nitrogens with zero attached hydrogens (tertiary/aromatic N) is 3. The van der Waals surface area contributed by atoms with Gasteiger partial charge in [-0.05, 0) is 23.7 Å². The first-order valence-electron chi connectivity index (χ1n) is 4.19. The van der Waals surface area contributed by atoms with E-state index in [1.54, 1.807) is 24.3 Å². The Morgan fingerprint density at radius 2 is 2.40 bits per heavy atom. The highest BCUT2D eigenvalue weighted by Crippen LogP contribution is 2.22. The average molecular weight is 239 g/mol. The summed E-state index contributed by atoms with van der Waals surface area (Å²) in [5, 5.41) is 0. The van der Waals surface area contributed by atoms with Crippen molar-refractivity contribution in [1.29, 1.82) is 0 Å². The minimum Gasteiger partial charge on any atom is -0.324 e. The lowest BCUT2D eigenvalue weighted by Gasteiger charge is -2.01. The maximum Gasteiger partial charge on any atom is 0.170 e. The summed E-state index contributed by atoms with van der Waals surface area (Å²) >= 11 is 3.00. The van der Waals surface area contributed by atoms with E-state index >= 15 is 0 Å². The van der Waals surface area contributed by atoms with Gasteiger partial charge in [-0.15, -0.1) is 0 Å². The number of nitrogen functional groups attached to an aromatic ring is 1. The third kappa shape index (κ3) is 2.88. The van der Waals surface area contributed by atoms with E-state index in [2.05, 4.69) is 19.8 Å². The van der Waals surface area contributed by atoms with Crippen molar-refractivity contribution in [2.75, 3.05) is 5.43 Å². The van der Waals surface area contributed by atoms with Gasteiger partial charge in [-0.3, -0.25) is 10.8 Å². The zero-order valence-electron chi connectivity index (χ0n) is 7.75. The summed E-state index contributed by atoms with van der Waals surface area (Å²) in [5.41, 5.74) is 4.41. The SMILES string of the molecule is NNc1ccnc(CSc2ncns2)c1. The molecule has 0 amide bonds. The van der Waals surface area contributed by atoms with Gasteiger partial charge < -0.3 is 5.43 Å². The topological polar surface area (TPSA) is 76.7 Å². The van der Waals surface area contributed by atoms with E-state index in [-0.39, 0.29) is 0 Å². The molecule has 0 atom stereocenters. The zero-order valence-corrected chi connectivity index (χ0v) is 9.38. The van der Waals surface area contributed by atoms with Crippen molar-refractivity contribution in [3.05, 3.63) is 30.4 Å². The van der Waals surface area contributed by atoms with Crippen LogP contribution in [0.4, 0.5) is 5.69 Å². The lowest BCUT2D eigenvalue weighted by molar-refractivity contribution is 1.15. The number of aromatic nitrogens is 3. The van der Waals surface area contributed by atoms with Gasteiger partial charge in [0.2, 0.25) is 0 Å². The summed E-state index contributed by atoms with van der Waals surface area (Å²) < 4.78 is 4.87. The molecule has 7 heteroatoms. The van der Waals surface area contributed by atoms with Crippen LogP contribution in [0.1, 0.15) is 5.69 Å². The summed E-state index contributed by atoms with van der Waals surface area (Å²) in [6, 6.07) is 3.73. The molecule has 0 saturated carbocycles. The molecule has 0 spiro atoms. The maximum absolute atomic E-state index is 5.30. The number of nitrogens with two attached hydrogens (primary N) is 1. The maximum atomic E-state index is 5.30. The van der Waals surface area contributed by atoms with Gasteiger partial charge in [0.15, 0.2) is 4.34 Å². The van der Waals surface area contributed by atoms with Crippen LogP contribution in [0, 0.1) is 0 Å². The Kier molecular flexibility index (Phi) is 3.49. The quantitative estimate of drug-likeness (QED) is 0.478. The molecule has 2 heterocycles. The van der Waals surface area contributed by atoms with E-state index in [9.17, 15) is 0 Å².